The second kappa shape index (κ2) is 8.04. The number of nitrogens with one attached hydrogen (secondary N) is 1. The van der Waals surface area contributed by atoms with Crippen LogP contribution in [0.25, 0.3) is 0 Å². The van der Waals surface area contributed by atoms with E-state index in [1.54, 1.807) is 0 Å². The van der Waals surface area contributed by atoms with Crippen LogP contribution in [0.5, 0.6) is 0 Å². The van der Waals surface area contributed by atoms with Crippen molar-refractivity contribution in [3.8, 4) is 0 Å². The van der Waals surface area contributed by atoms with Crippen LogP contribution in [0.15, 0.2) is 23.1 Å². The van der Waals surface area contributed by atoms with Crippen LogP contribution >= 0.6 is 12.4 Å². The van der Waals surface area contributed by atoms with E-state index in [0.29, 0.717) is 31.5 Å². The van der Waals surface area contributed by atoms with Crippen LogP contribution in [-0.4, -0.2) is 38.4 Å². The number of benzene rings is 1. The van der Waals surface area contributed by atoms with E-state index in [1.807, 2.05) is 0 Å². The molecule has 1 aliphatic carbocycles. The minimum Gasteiger partial charge on any atom is -0.314 e. The summed E-state index contributed by atoms with van der Waals surface area (Å²) in [5.74, 6) is 0.759. The Morgan fingerprint density at radius 1 is 1.15 bits per heavy atom. The number of hydrogen-bond acceptors (Lipinski definition) is 3. The van der Waals surface area contributed by atoms with E-state index in [2.05, 4.69) is 5.32 Å². The highest BCUT2D eigenvalue weighted by molar-refractivity contribution is 7.89. The highest BCUT2D eigenvalue weighted by Gasteiger charge is 2.35. The van der Waals surface area contributed by atoms with Gasteiger partial charge in [0.1, 0.15) is 0 Å². The maximum atomic E-state index is 12.9. The van der Waals surface area contributed by atoms with Crippen molar-refractivity contribution in [1.82, 2.24) is 9.62 Å². The summed E-state index contributed by atoms with van der Waals surface area (Å²) >= 11 is 0. The molecule has 1 saturated carbocycles. The lowest BCUT2D eigenvalue weighted by Crippen LogP contribution is -2.45. The van der Waals surface area contributed by atoms with E-state index in [4.69, 9.17) is 0 Å². The molecular formula is C17H24ClF3N2O2S. The van der Waals surface area contributed by atoms with Crippen molar-refractivity contribution >= 4 is 22.4 Å². The van der Waals surface area contributed by atoms with Gasteiger partial charge in [0.15, 0.2) is 0 Å². The van der Waals surface area contributed by atoms with Gasteiger partial charge in [0.05, 0.1) is 10.5 Å². The predicted molar refractivity (Wildman–Crippen MR) is 95.9 cm³/mol. The van der Waals surface area contributed by atoms with Gasteiger partial charge in [-0.3, -0.25) is 0 Å². The molecule has 148 valence electrons. The molecule has 0 bridgehead atoms. The van der Waals surface area contributed by atoms with Crippen molar-refractivity contribution in [2.24, 2.45) is 5.92 Å². The molecule has 1 aliphatic heterocycles. The SMILES string of the molecule is Cc1ccc(C(F)(F)F)cc1S(=O)(=O)N1CCC(NCC2CC2)CC1.Cl. The van der Waals surface area contributed by atoms with Gasteiger partial charge in [-0.1, -0.05) is 6.07 Å². The zero-order chi connectivity index (χ0) is 18.2. The van der Waals surface area contributed by atoms with Gasteiger partial charge in [0, 0.05) is 19.1 Å². The Morgan fingerprint density at radius 2 is 1.77 bits per heavy atom. The number of sulfonamides is 1. The first-order valence-electron chi connectivity index (χ1n) is 8.59. The summed E-state index contributed by atoms with van der Waals surface area (Å²) in [6, 6.07) is 3.18. The van der Waals surface area contributed by atoms with Crippen molar-refractivity contribution < 1.29 is 21.6 Å². The molecule has 0 amide bonds. The molecule has 0 spiro atoms. The molecule has 2 aliphatic rings. The smallest absolute Gasteiger partial charge is 0.314 e. The Hall–Kier alpha value is -0.830. The summed E-state index contributed by atoms with van der Waals surface area (Å²) in [6.45, 7) is 3.17. The van der Waals surface area contributed by atoms with Crippen molar-refractivity contribution in [3.05, 3.63) is 29.3 Å². The lowest BCUT2D eigenvalue weighted by Gasteiger charge is -2.32. The lowest BCUT2D eigenvalue weighted by molar-refractivity contribution is -0.137. The largest absolute Gasteiger partial charge is 0.416 e. The van der Waals surface area contributed by atoms with Crippen LogP contribution in [0.1, 0.15) is 36.8 Å². The molecule has 26 heavy (non-hydrogen) atoms. The molecule has 0 aromatic heterocycles. The standard InChI is InChI=1S/C17H23F3N2O2S.ClH/c1-12-2-5-14(17(18,19)20)10-16(12)25(23,24)22-8-6-15(7-9-22)21-11-13-3-4-13;/h2,5,10,13,15,21H,3-4,6-9,11H2,1H3;1H. The van der Waals surface area contributed by atoms with Gasteiger partial charge in [-0.25, -0.2) is 8.42 Å². The highest BCUT2D eigenvalue weighted by Crippen LogP contribution is 2.33. The first-order chi connectivity index (χ1) is 11.7. The first-order valence-corrected chi connectivity index (χ1v) is 10.0. The van der Waals surface area contributed by atoms with Gasteiger partial charge in [-0.05, 0) is 62.8 Å². The summed E-state index contributed by atoms with van der Waals surface area (Å²) in [5.41, 5.74) is -0.598. The Bertz CT molecular complexity index is 728. The second-order valence-corrected chi connectivity index (χ2v) is 8.91. The molecule has 0 unspecified atom stereocenters. The summed E-state index contributed by atoms with van der Waals surface area (Å²) in [5, 5.41) is 3.47. The molecule has 1 saturated heterocycles. The van der Waals surface area contributed by atoms with Crippen molar-refractivity contribution in [1.29, 1.82) is 0 Å². The van der Waals surface area contributed by atoms with E-state index < -0.39 is 21.8 Å². The third-order valence-electron chi connectivity index (χ3n) is 4.98. The minimum absolute atomic E-state index is 0. The van der Waals surface area contributed by atoms with Crippen molar-refractivity contribution in [3.63, 3.8) is 0 Å². The van der Waals surface area contributed by atoms with Crippen LogP contribution in [-0.2, 0) is 16.2 Å². The second-order valence-electron chi connectivity index (χ2n) is 7.01. The van der Waals surface area contributed by atoms with Crippen LogP contribution in [0.3, 0.4) is 0 Å². The number of aryl methyl sites for hydroxylation is 1. The van der Waals surface area contributed by atoms with Gasteiger partial charge < -0.3 is 5.32 Å². The number of halogens is 4. The number of alkyl halides is 3. The normalized spacial score (nSPS) is 20.0. The number of hydrogen-bond donors (Lipinski definition) is 1. The molecule has 1 heterocycles. The minimum atomic E-state index is -4.56. The fourth-order valence-electron chi connectivity index (χ4n) is 3.15. The Labute approximate surface area is 158 Å². The average Bonchev–Trinajstić information content (AvgIpc) is 3.37. The third kappa shape index (κ3) is 4.91. The molecule has 9 heteroatoms. The zero-order valence-corrected chi connectivity index (χ0v) is 16.2. The quantitative estimate of drug-likeness (QED) is 0.804. The van der Waals surface area contributed by atoms with E-state index in [0.717, 1.165) is 24.6 Å². The van der Waals surface area contributed by atoms with E-state index in [1.165, 1.54) is 30.1 Å². The maximum absolute atomic E-state index is 12.9. The zero-order valence-electron chi connectivity index (χ0n) is 14.6. The van der Waals surface area contributed by atoms with Gasteiger partial charge >= 0.3 is 6.18 Å². The predicted octanol–water partition coefficient (Wildman–Crippen LogP) is 3.59. The third-order valence-corrected chi connectivity index (χ3v) is 7.02. The highest BCUT2D eigenvalue weighted by atomic mass is 35.5. The van der Waals surface area contributed by atoms with Gasteiger partial charge in [-0.2, -0.15) is 17.5 Å². The van der Waals surface area contributed by atoms with E-state index >= 15 is 0 Å². The Balaban J connectivity index is 0.00000243. The molecule has 1 aromatic rings. The Kier molecular flexibility index (Phi) is 6.64. The number of rotatable bonds is 5. The van der Waals surface area contributed by atoms with Gasteiger partial charge in [-0.15, -0.1) is 12.4 Å². The van der Waals surface area contributed by atoms with Gasteiger partial charge in [0.25, 0.3) is 0 Å². The summed E-state index contributed by atoms with van der Waals surface area (Å²) in [7, 11) is -3.91. The number of piperidine rings is 1. The summed E-state index contributed by atoms with van der Waals surface area (Å²) in [6.07, 6.45) is -0.671. The maximum Gasteiger partial charge on any atom is 0.416 e. The molecule has 3 rings (SSSR count). The summed E-state index contributed by atoms with van der Waals surface area (Å²) < 4.78 is 65.7. The van der Waals surface area contributed by atoms with Crippen LogP contribution in [0.2, 0.25) is 0 Å². The van der Waals surface area contributed by atoms with Crippen molar-refractivity contribution in [2.75, 3.05) is 19.6 Å². The fraction of sp³-hybridized carbons (Fsp3) is 0.647. The Morgan fingerprint density at radius 3 is 2.31 bits per heavy atom. The number of nitrogens with zero attached hydrogens (tertiary/aromatic N) is 1. The van der Waals surface area contributed by atoms with Gasteiger partial charge in [0.2, 0.25) is 10.0 Å². The molecule has 4 nitrogen and oxygen atoms in total. The molecule has 1 aromatic carbocycles. The van der Waals surface area contributed by atoms with Crippen LogP contribution < -0.4 is 5.32 Å². The molecule has 0 atom stereocenters. The van der Waals surface area contributed by atoms with E-state index in [9.17, 15) is 21.6 Å². The molecule has 2 fully saturated rings. The average molecular weight is 413 g/mol. The van der Waals surface area contributed by atoms with Crippen LogP contribution in [0.4, 0.5) is 13.2 Å². The molecule has 1 N–H and O–H groups in total. The van der Waals surface area contributed by atoms with Crippen molar-refractivity contribution in [2.45, 2.75) is 49.7 Å². The molecule has 0 radical (unpaired) electrons. The lowest BCUT2D eigenvalue weighted by atomic mass is 10.1. The van der Waals surface area contributed by atoms with Crippen LogP contribution in [0, 0.1) is 12.8 Å². The molecular weight excluding hydrogens is 389 g/mol. The van der Waals surface area contributed by atoms with E-state index in [-0.39, 0.29) is 23.3 Å². The first kappa shape index (κ1) is 21.5. The fourth-order valence-corrected chi connectivity index (χ4v) is 4.87. The monoisotopic (exact) mass is 412 g/mol. The topological polar surface area (TPSA) is 49.4 Å². The summed E-state index contributed by atoms with van der Waals surface area (Å²) in [4.78, 5) is -0.244.